The molecule has 17 heavy (non-hydrogen) atoms. The first-order chi connectivity index (χ1) is 8.16. The highest BCUT2D eigenvalue weighted by Gasteiger charge is 2.15. The Morgan fingerprint density at radius 3 is 3.12 bits per heavy atom. The van der Waals surface area contributed by atoms with Crippen LogP contribution < -0.4 is 5.56 Å². The number of aromatic nitrogens is 2. The Morgan fingerprint density at radius 2 is 2.35 bits per heavy atom. The predicted octanol–water partition coefficient (Wildman–Crippen LogP) is 0.250. The van der Waals surface area contributed by atoms with Gasteiger partial charge in [0, 0.05) is 19.3 Å². The molecule has 0 saturated heterocycles. The van der Waals surface area contributed by atoms with Crippen LogP contribution in [0.25, 0.3) is 0 Å². The van der Waals surface area contributed by atoms with E-state index in [0.717, 1.165) is 5.69 Å². The molecule has 6 heteroatoms. The fraction of sp³-hybridized carbons (Fsp3) is 0.545. The van der Waals surface area contributed by atoms with Crippen molar-refractivity contribution in [3.05, 3.63) is 27.4 Å². The average molecular weight is 238 g/mol. The molecule has 2 rings (SSSR count). The Kier molecular flexibility index (Phi) is 3.53. The molecule has 0 atom stereocenters. The van der Waals surface area contributed by atoms with E-state index in [-0.39, 0.29) is 12.0 Å². The highest BCUT2D eigenvalue weighted by Crippen LogP contribution is 2.10. The van der Waals surface area contributed by atoms with Crippen molar-refractivity contribution in [1.29, 1.82) is 0 Å². The Labute approximate surface area is 97.7 Å². The summed E-state index contributed by atoms with van der Waals surface area (Å²) in [5.41, 5.74) is 1.21. The number of rotatable bonds is 4. The molecule has 0 bridgehead atoms. The minimum absolute atomic E-state index is 0.0872. The second-order valence-electron chi connectivity index (χ2n) is 3.99. The first-order valence-electron chi connectivity index (χ1n) is 5.57. The molecule has 0 radical (unpaired) electrons. The van der Waals surface area contributed by atoms with E-state index in [9.17, 15) is 9.59 Å². The van der Waals surface area contributed by atoms with Gasteiger partial charge in [-0.2, -0.15) is 0 Å². The van der Waals surface area contributed by atoms with Crippen LogP contribution in [0, 0.1) is 0 Å². The second-order valence-corrected chi connectivity index (χ2v) is 3.99. The summed E-state index contributed by atoms with van der Waals surface area (Å²) in [5, 5.41) is 8.53. The molecule has 0 aliphatic carbocycles. The fourth-order valence-electron chi connectivity index (χ4n) is 1.82. The third kappa shape index (κ3) is 2.91. The van der Waals surface area contributed by atoms with Gasteiger partial charge in [-0.25, -0.2) is 4.98 Å². The molecule has 1 aromatic heterocycles. The number of ether oxygens (including phenoxy) is 1. The van der Waals surface area contributed by atoms with Crippen LogP contribution in [0.5, 0.6) is 0 Å². The summed E-state index contributed by atoms with van der Waals surface area (Å²) in [7, 11) is 0. The lowest BCUT2D eigenvalue weighted by atomic mass is 10.1. The number of fused-ring (bicyclic) bond motifs is 1. The number of nitrogens with one attached hydrogen (secondary N) is 1. The van der Waals surface area contributed by atoms with E-state index in [1.165, 1.54) is 0 Å². The highest BCUT2D eigenvalue weighted by molar-refractivity contribution is 5.66. The maximum absolute atomic E-state index is 11.7. The van der Waals surface area contributed by atoms with E-state index in [1.54, 1.807) is 0 Å². The lowest BCUT2D eigenvalue weighted by Gasteiger charge is -2.15. The first-order valence-corrected chi connectivity index (χ1v) is 5.57. The van der Waals surface area contributed by atoms with Crippen molar-refractivity contribution in [3.8, 4) is 0 Å². The number of nitrogens with zero attached hydrogens (tertiary/aromatic N) is 1. The number of aliphatic carboxylic acids is 1. The monoisotopic (exact) mass is 238 g/mol. The summed E-state index contributed by atoms with van der Waals surface area (Å²) >= 11 is 0. The van der Waals surface area contributed by atoms with E-state index in [1.807, 2.05) is 0 Å². The van der Waals surface area contributed by atoms with Crippen LogP contribution >= 0.6 is 0 Å². The summed E-state index contributed by atoms with van der Waals surface area (Å²) in [6, 6.07) is 0. The van der Waals surface area contributed by atoms with Crippen molar-refractivity contribution in [2.24, 2.45) is 0 Å². The van der Waals surface area contributed by atoms with Gasteiger partial charge >= 0.3 is 5.97 Å². The standard InChI is InChI=1S/C11H14N2O4/c14-10(15)3-1-2-9-12-8-4-5-17-6-7(8)11(16)13-9/h1-6H2,(H,14,15)(H,12,13,16). The molecule has 0 spiro atoms. The van der Waals surface area contributed by atoms with Crippen molar-refractivity contribution >= 4 is 5.97 Å². The van der Waals surface area contributed by atoms with E-state index >= 15 is 0 Å². The molecule has 1 aromatic rings. The number of carbonyl (C=O) groups is 1. The van der Waals surface area contributed by atoms with Gasteiger partial charge in [0.1, 0.15) is 5.82 Å². The number of aryl methyl sites for hydroxylation is 1. The molecular weight excluding hydrogens is 224 g/mol. The van der Waals surface area contributed by atoms with E-state index in [2.05, 4.69) is 9.97 Å². The minimum atomic E-state index is -0.835. The molecule has 0 amide bonds. The van der Waals surface area contributed by atoms with Gasteiger partial charge < -0.3 is 14.8 Å². The predicted molar refractivity (Wildman–Crippen MR) is 58.8 cm³/mol. The number of carboxylic acids is 1. The van der Waals surface area contributed by atoms with Gasteiger partial charge in [-0.3, -0.25) is 9.59 Å². The number of hydrogen-bond acceptors (Lipinski definition) is 4. The van der Waals surface area contributed by atoms with Gasteiger partial charge in [0.2, 0.25) is 0 Å². The second kappa shape index (κ2) is 5.09. The number of aromatic amines is 1. The molecule has 0 unspecified atom stereocenters. The zero-order chi connectivity index (χ0) is 12.3. The van der Waals surface area contributed by atoms with Crippen molar-refractivity contribution in [2.75, 3.05) is 6.61 Å². The van der Waals surface area contributed by atoms with Crippen LogP contribution in [0.2, 0.25) is 0 Å². The van der Waals surface area contributed by atoms with Crippen LogP contribution in [-0.4, -0.2) is 27.7 Å². The van der Waals surface area contributed by atoms with Gasteiger partial charge in [-0.15, -0.1) is 0 Å². The number of H-pyrrole nitrogens is 1. The van der Waals surface area contributed by atoms with Gasteiger partial charge in [-0.05, 0) is 6.42 Å². The minimum Gasteiger partial charge on any atom is -0.481 e. The molecule has 92 valence electrons. The Bertz CT molecular complexity index is 481. The highest BCUT2D eigenvalue weighted by atomic mass is 16.5. The Hall–Kier alpha value is -1.69. The van der Waals surface area contributed by atoms with Gasteiger partial charge in [0.05, 0.1) is 24.5 Å². The molecule has 2 N–H and O–H groups in total. The van der Waals surface area contributed by atoms with Crippen LogP contribution in [-0.2, 0) is 29.0 Å². The fourth-order valence-corrected chi connectivity index (χ4v) is 1.82. The zero-order valence-corrected chi connectivity index (χ0v) is 9.36. The van der Waals surface area contributed by atoms with Crippen molar-refractivity contribution in [3.63, 3.8) is 0 Å². The van der Waals surface area contributed by atoms with Gasteiger partial charge in [-0.1, -0.05) is 0 Å². The molecule has 0 fully saturated rings. The molecule has 1 aliphatic rings. The molecule has 6 nitrogen and oxygen atoms in total. The summed E-state index contributed by atoms with van der Waals surface area (Å²) in [6.07, 6.45) is 1.69. The lowest BCUT2D eigenvalue weighted by molar-refractivity contribution is -0.137. The quantitative estimate of drug-likeness (QED) is 0.784. The van der Waals surface area contributed by atoms with Crippen molar-refractivity contribution in [2.45, 2.75) is 32.3 Å². The summed E-state index contributed by atoms with van der Waals surface area (Å²) < 4.78 is 5.19. The van der Waals surface area contributed by atoms with Crippen molar-refractivity contribution < 1.29 is 14.6 Å². The van der Waals surface area contributed by atoms with E-state index in [0.29, 0.717) is 43.9 Å². The first kappa shape index (κ1) is 11.8. The van der Waals surface area contributed by atoms with Crippen LogP contribution in [0.4, 0.5) is 0 Å². The van der Waals surface area contributed by atoms with Gasteiger partial charge in [0.25, 0.3) is 5.56 Å². The van der Waals surface area contributed by atoms with E-state index < -0.39 is 5.97 Å². The third-order valence-corrected chi connectivity index (χ3v) is 2.68. The topological polar surface area (TPSA) is 92.3 Å². The summed E-state index contributed by atoms with van der Waals surface area (Å²) in [6.45, 7) is 0.894. The molecular formula is C11H14N2O4. The lowest BCUT2D eigenvalue weighted by Crippen LogP contribution is -2.25. The normalized spacial score (nSPS) is 14.4. The van der Waals surface area contributed by atoms with Gasteiger partial charge in [0.15, 0.2) is 0 Å². The SMILES string of the molecule is O=C(O)CCCc1nc2c(c(=O)[nH]1)COCC2. The number of carboxylic acid groups (broad SMARTS) is 1. The summed E-state index contributed by atoms with van der Waals surface area (Å²) in [5.74, 6) is -0.268. The Balaban J connectivity index is 2.11. The van der Waals surface area contributed by atoms with Crippen LogP contribution in [0.3, 0.4) is 0 Å². The average Bonchev–Trinajstić information content (AvgIpc) is 2.28. The Morgan fingerprint density at radius 1 is 1.53 bits per heavy atom. The summed E-state index contributed by atoms with van der Waals surface area (Å²) in [4.78, 5) is 29.1. The zero-order valence-electron chi connectivity index (χ0n) is 9.36. The van der Waals surface area contributed by atoms with Crippen LogP contribution in [0.1, 0.15) is 29.9 Å². The molecule has 0 saturated carbocycles. The third-order valence-electron chi connectivity index (χ3n) is 2.68. The molecule has 0 aromatic carbocycles. The maximum atomic E-state index is 11.7. The molecule has 2 heterocycles. The van der Waals surface area contributed by atoms with E-state index in [4.69, 9.17) is 9.84 Å². The number of hydrogen-bond donors (Lipinski definition) is 2. The maximum Gasteiger partial charge on any atom is 0.303 e. The largest absolute Gasteiger partial charge is 0.481 e. The smallest absolute Gasteiger partial charge is 0.303 e. The van der Waals surface area contributed by atoms with Crippen molar-refractivity contribution in [1.82, 2.24) is 9.97 Å². The van der Waals surface area contributed by atoms with Crippen LogP contribution in [0.15, 0.2) is 4.79 Å². The molecule has 1 aliphatic heterocycles.